The molecule has 1 amide bonds. The van der Waals surface area contributed by atoms with E-state index in [0.29, 0.717) is 0 Å². The van der Waals surface area contributed by atoms with Gasteiger partial charge in [0.15, 0.2) is 0 Å². The van der Waals surface area contributed by atoms with Gasteiger partial charge in [0, 0.05) is 19.6 Å². The van der Waals surface area contributed by atoms with Crippen LogP contribution in [0.2, 0.25) is 0 Å². The monoisotopic (exact) mass is 249 g/mol. The maximum Gasteiger partial charge on any atom is 0.243 e. The Bertz CT molecular complexity index is 341. The largest absolute Gasteiger partial charge is 0.340 e. The molecule has 1 aliphatic carbocycles. The van der Waals surface area contributed by atoms with E-state index < -0.39 is 5.41 Å². The Kier molecular flexibility index (Phi) is 4.23. The van der Waals surface area contributed by atoms with Gasteiger partial charge in [-0.15, -0.1) is 0 Å². The molecular formula is C14H23N3O. The molecule has 2 aliphatic rings. The van der Waals surface area contributed by atoms with E-state index in [0.717, 1.165) is 58.3 Å². The van der Waals surface area contributed by atoms with E-state index in [-0.39, 0.29) is 5.91 Å². The molecule has 0 aromatic heterocycles. The van der Waals surface area contributed by atoms with Crippen molar-refractivity contribution < 1.29 is 4.79 Å². The number of hydrogen-bond acceptors (Lipinski definition) is 3. The van der Waals surface area contributed by atoms with Crippen LogP contribution in [0.4, 0.5) is 0 Å². The van der Waals surface area contributed by atoms with Crippen molar-refractivity contribution >= 4 is 5.91 Å². The number of hydrogen-bond donors (Lipinski definition) is 0. The molecule has 2 rings (SSSR count). The molecule has 1 saturated heterocycles. The predicted octanol–water partition coefficient (Wildman–Crippen LogP) is 1.62. The van der Waals surface area contributed by atoms with Crippen LogP contribution < -0.4 is 0 Å². The molecule has 0 N–H and O–H groups in total. The maximum atomic E-state index is 12.7. The van der Waals surface area contributed by atoms with Crippen molar-refractivity contribution in [3.05, 3.63) is 0 Å². The minimum Gasteiger partial charge on any atom is -0.340 e. The van der Waals surface area contributed by atoms with Gasteiger partial charge in [-0.05, 0) is 32.9 Å². The van der Waals surface area contributed by atoms with Gasteiger partial charge in [0.25, 0.3) is 0 Å². The molecule has 0 atom stereocenters. The number of likely N-dealkylation sites (N-methyl/N-ethyl adjacent to an activating group) is 1. The van der Waals surface area contributed by atoms with Gasteiger partial charge in [-0.2, -0.15) is 5.26 Å². The second-order valence-electron chi connectivity index (χ2n) is 5.70. The smallest absolute Gasteiger partial charge is 0.243 e. The highest BCUT2D eigenvalue weighted by molar-refractivity contribution is 5.85. The van der Waals surface area contributed by atoms with Crippen molar-refractivity contribution in [2.45, 2.75) is 38.5 Å². The molecule has 0 aromatic rings. The van der Waals surface area contributed by atoms with E-state index in [1.54, 1.807) is 0 Å². The zero-order valence-corrected chi connectivity index (χ0v) is 11.3. The van der Waals surface area contributed by atoms with Crippen LogP contribution in [0.15, 0.2) is 0 Å². The number of amides is 1. The van der Waals surface area contributed by atoms with Gasteiger partial charge in [-0.3, -0.25) is 4.79 Å². The Morgan fingerprint density at radius 1 is 1.06 bits per heavy atom. The lowest BCUT2D eigenvalue weighted by molar-refractivity contribution is -0.140. The summed E-state index contributed by atoms with van der Waals surface area (Å²) >= 11 is 0. The normalized spacial score (nSPS) is 25.2. The third-order valence-electron chi connectivity index (χ3n) is 4.34. The first-order valence-corrected chi connectivity index (χ1v) is 7.07. The minimum absolute atomic E-state index is 0.0972. The summed E-state index contributed by atoms with van der Waals surface area (Å²) in [5.41, 5.74) is -0.707. The lowest BCUT2D eigenvalue weighted by Crippen LogP contribution is -2.45. The second kappa shape index (κ2) is 5.71. The van der Waals surface area contributed by atoms with E-state index in [1.807, 2.05) is 4.90 Å². The Morgan fingerprint density at radius 2 is 1.78 bits per heavy atom. The molecule has 4 heteroatoms. The van der Waals surface area contributed by atoms with Crippen molar-refractivity contribution in [1.82, 2.24) is 9.80 Å². The van der Waals surface area contributed by atoms with Crippen molar-refractivity contribution in [3.8, 4) is 6.07 Å². The van der Waals surface area contributed by atoms with Gasteiger partial charge in [0.1, 0.15) is 5.41 Å². The predicted molar refractivity (Wildman–Crippen MR) is 69.8 cm³/mol. The molecule has 4 nitrogen and oxygen atoms in total. The second-order valence-corrected chi connectivity index (χ2v) is 5.70. The fraction of sp³-hybridized carbons (Fsp3) is 0.857. The Morgan fingerprint density at radius 3 is 2.44 bits per heavy atom. The van der Waals surface area contributed by atoms with E-state index in [4.69, 9.17) is 0 Å². The molecule has 1 aliphatic heterocycles. The molecule has 0 radical (unpaired) electrons. The molecule has 0 aromatic carbocycles. The quantitative estimate of drug-likeness (QED) is 0.709. The number of nitrogens with zero attached hydrogens (tertiary/aromatic N) is 3. The fourth-order valence-corrected chi connectivity index (χ4v) is 3.08. The van der Waals surface area contributed by atoms with Crippen molar-refractivity contribution in [2.24, 2.45) is 5.41 Å². The van der Waals surface area contributed by atoms with Crippen molar-refractivity contribution in [3.63, 3.8) is 0 Å². The van der Waals surface area contributed by atoms with Crippen LogP contribution in [0.1, 0.15) is 38.5 Å². The van der Waals surface area contributed by atoms with Gasteiger partial charge in [-0.1, -0.05) is 19.3 Å². The Labute approximate surface area is 110 Å². The Hall–Kier alpha value is -1.08. The topological polar surface area (TPSA) is 47.3 Å². The molecule has 100 valence electrons. The molecular weight excluding hydrogens is 226 g/mol. The summed E-state index contributed by atoms with van der Waals surface area (Å²) < 4.78 is 0. The summed E-state index contributed by atoms with van der Waals surface area (Å²) in [6.45, 7) is 3.56. The summed E-state index contributed by atoms with van der Waals surface area (Å²) in [4.78, 5) is 16.8. The first-order valence-electron chi connectivity index (χ1n) is 7.07. The third-order valence-corrected chi connectivity index (χ3v) is 4.34. The zero-order valence-electron chi connectivity index (χ0n) is 11.3. The van der Waals surface area contributed by atoms with Crippen LogP contribution >= 0.6 is 0 Å². The summed E-state index contributed by atoms with van der Waals surface area (Å²) in [6, 6.07) is 2.34. The highest BCUT2D eigenvalue weighted by atomic mass is 16.2. The fourth-order valence-electron chi connectivity index (χ4n) is 3.08. The molecule has 2 fully saturated rings. The van der Waals surface area contributed by atoms with Crippen LogP contribution in [0.25, 0.3) is 0 Å². The van der Waals surface area contributed by atoms with Crippen LogP contribution in [0.3, 0.4) is 0 Å². The van der Waals surface area contributed by atoms with Gasteiger partial charge < -0.3 is 9.80 Å². The van der Waals surface area contributed by atoms with E-state index in [1.165, 1.54) is 6.42 Å². The first-order chi connectivity index (χ1) is 8.68. The number of rotatable bonds is 1. The van der Waals surface area contributed by atoms with Gasteiger partial charge in [0.05, 0.1) is 6.07 Å². The minimum atomic E-state index is -0.707. The highest BCUT2D eigenvalue weighted by Crippen LogP contribution is 2.37. The molecule has 1 heterocycles. The molecule has 0 spiro atoms. The standard InChI is InChI=1S/C14H23N3O/c1-16-8-5-9-17(11-10-16)13(18)14(12-15)6-3-2-4-7-14/h2-11H2,1H3. The summed E-state index contributed by atoms with van der Waals surface area (Å²) in [7, 11) is 2.09. The third kappa shape index (κ3) is 2.67. The van der Waals surface area contributed by atoms with Crippen molar-refractivity contribution in [2.75, 3.05) is 33.2 Å². The van der Waals surface area contributed by atoms with E-state index >= 15 is 0 Å². The maximum absolute atomic E-state index is 12.7. The number of carbonyl (C=O) groups is 1. The molecule has 0 unspecified atom stereocenters. The molecule has 0 bridgehead atoms. The average Bonchev–Trinajstić information content (AvgIpc) is 2.63. The molecule has 1 saturated carbocycles. The van der Waals surface area contributed by atoms with E-state index in [2.05, 4.69) is 18.0 Å². The average molecular weight is 249 g/mol. The van der Waals surface area contributed by atoms with E-state index in [9.17, 15) is 10.1 Å². The summed E-state index contributed by atoms with van der Waals surface area (Å²) in [5.74, 6) is 0.0972. The van der Waals surface area contributed by atoms with Gasteiger partial charge >= 0.3 is 0 Å². The van der Waals surface area contributed by atoms with Crippen LogP contribution in [0, 0.1) is 16.7 Å². The summed E-state index contributed by atoms with van der Waals surface area (Å²) in [6.07, 6.45) is 5.74. The number of carbonyl (C=O) groups excluding carboxylic acids is 1. The summed E-state index contributed by atoms with van der Waals surface area (Å²) in [5, 5.41) is 9.46. The van der Waals surface area contributed by atoms with Gasteiger partial charge in [-0.25, -0.2) is 0 Å². The van der Waals surface area contributed by atoms with Crippen LogP contribution in [0.5, 0.6) is 0 Å². The molecule has 18 heavy (non-hydrogen) atoms. The SMILES string of the molecule is CN1CCCN(C(=O)C2(C#N)CCCCC2)CC1. The van der Waals surface area contributed by atoms with Crippen molar-refractivity contribution in [1.29, 1.82) is 5.26 Å². The lowest BCUT2D eigenvalue weighted by atomic mass is 9.74. The van der Waals surface area contributed by atoms with Crippen LogP contribution in [-0.4, -0.2) is 48.9 Å². The Balaban J connectivity index is 2.06. The first kappa shape index (κ1) is 13.4. The zero-order chi connectivity index (χ0) is 13.0. The van der Waals surface area contributed by atoms with Crippen LogP contribution in [-0.2, 0) is 4.79 Å². The number of nitriles is 1. The lowest BCUT2D eigenvalue weighted by Gasteiger charge is -2.34. The highest BCUT2D eigenvalue weighted by Gasteiger charge is 2.42. The van der Waals surface area contributed by atoms with Gasteiger partial charge in [0.2, 0.25) is 5.91 Å².